The number of halogens is 1. The minimum atomic E-state index is -3.61. The van der Waals surface area contributed by atoms with Crippen LogP contribution in [0.4, 0.5) is 0 Å². The van der Waals surface area contributed by atoms with Gasteiger partial charge in [0.1, 0.15) is 0 Å². The van der Waals surface area contributed by atoms with Gasteiger partial charge < -0.3 is 9.47 Å². The third-order valence-electron chi connectivity index (χ3n) is 3.93. The maximum absolute atomic E-state index is 13.1. The van der Waals surface area contributed by atoms with E-state index < -0.39 is 10.0 Å². The van der Waals surface area contributed by atoms with Crippen molar-refractivity contribution in [3.05, 3.63) is 52.0 Å². The van der Waals surface area contributed by atoms with Gasteiger partial charge in [-0.25, -0.2) is 8.42 Å². The molecule has 0 aliphatic carbocycles. The first kappa shape index (κ1) is 19.8. The molecular formula is C18H22BrNO4S. The van der Waals surface area contributed by atoms with E-state index in [-0.39, 0.29) is 6.54 Å². The lowest BCUT2D eigenvalue weighted by atomic mass is 10.2. The average Bonchev–Trinajstić information content (AvgIpc) is 2.61. The summed E-state index contributed by atoms with van der Waals surface area (Å²) in [4.78, 5) is 0.309. The Morgan fingerprint density at radius 1 is 1.04 bits per heavy atom. The van der Waals surface area contributed by atoms with E-state index in [0.29, 0.717) is 28.5 Å². The highest BCUT2D eigenvalue weighted by Crippen LogP contribution is 2.30. The smallest absolute Gasteiger partial charge is 0.243 e. The number of rotatable bonds is 7. The predicted molar refractivity (Wildman–Crippen MR) is 102 cm³/mol. The molecule has 0 radical (unpaired) electrons. The summed E-state index contributed by atoms with van der Waals surface area (Å²) < 4.78 is 38.8. The van der Waals surface area contributed by atoms with E-state index in [9.17, 15) is 8.42 Å². The van der Waals surface area contributed by atoms with Crippen molar-refractivity contribution < 1.29 is 17.9 Å². The van der Waals surface area contributed by atoms with Crippen LogP contribution in [0, 0.1) is 6.92 Å². The largest absolute Gasteiger partial charge is 0.493 e. The summed E-state index contributed by atoms with van der Waals surface area (Å²) in [5.41, 5.74) is 1.55. The van der Waals surface area contributed by atoms with Gasteiger partial charge in [-0.1, -0.05) is 35.0 Å². The monoisotopic (exact) mass is 427 g/mol. The van der Waals surface area contributed by atoms with Gasteiger partial charge in [-0.3, -0.25) is 0 Å². The van der Waals surface area contributed by atoms with Crippen molar-refractivity contribution in [2.45, 2.75) is 25.3 Å². The molecule has 0 spiro atoms. The molecule has 0 saturated carbocycles. The van der Waals surface area contributed by atoms with Crippen molar-refractivity contribution in [3.63, 3.8) is 0 Å². The standard InChI is InChI=1S/C18H22BrNO4S/c1-5-20(12-14-7-9-16(23-3)17(10-14)24-4)25(21,22)18-11-15(19)8-6-13(18)2/h6-11H,5,12H2,1-4H3. The molecule has 0 N–H and O–H groups in total. The molecule has 0 atom stereocenters. The van der Waals surface area contributed by atoms with Crippen molar-refractivity contribution in [2.24, 2.45) is 0 Å². The maximum Gasteiger partial charge on any atom is 0.243 e. The van der Waals surface area contributed by atoms with Crippen LogP contribution in [0.1, 0.15) is 18.1 Å². The first-order chi connectivity index (χ1) is 11.8. The third-order valence-corrected chi connectivity index (χ3v) is 6.48. The normalized spacial score (nSPS) is 11.6. The molecule has 0 amide bonds. The summed E-state index contributed by atoms with van der Waals surface area (Å²) in [6.07, 6.45) is 0. The van der Waals surface area contributed by atoms with Gasteiger partial charge >= 0.3 is 0 Å². The van der Waals surface area contributed by atoms with Gasteiger partial charge in [0.05, 0.1) is 19.1 Å². The molecule has 0 unspecified atom stereocenters. The van der Waals surface area contributed by atoms with Gasteiger partial charge in [-0.15, -0.1) is 0 Å². The molecule has 0 aromatic heterocycles. The molecule has 7 heteroatoms. The highest BCUT2D eigenvalue weighted by molar-refractivity contribution is 9.10. The Balaban J connectivity index is 2.38. The highest BCUT2D eigenvalue weighted by Gasteiger charge is 2.25. The molecule has 0 aliphatic heterocycles. The Morgan fingerprint density at radius 2 is 1.72 bits per heavy atom. The van der Waals surface area contributed by atoms with Crippen molar-refractivity contribution in [1.29, 1.82) is 0 Å². The molecule has 0 aliphatic rings. The lowest BCUT2D eigenvalue weighted by Gasteiger charge is -2.22. The van der Waals surface area contributed by atoms with Crippen molar-refractivity contribution in [1.82, 2.24) is 4.31 Å². The quantitative estimate of drug-likeness (QED) is 0.670. The first-order valence-electron chi connectivity index (χ1n) is 7.80. The van der Waals surface area contributed by atoms with Gasteiger partial charge in [0, 0.05) is 17.6 Å². The predicted octanol–water partition coefficient (Wildman–Crippen LogP) is 3.99. The van der Waals surface area contributed by atoms with E-state index in [1.54, 1.807) is 45.4 Å². The lowest BCUT2D eigenvalue weighted by molar-refractivity contribution is 0.353. The zero-order valence-corrected chi connectivity index (χ0v) is 17.1. The van der Waals surface area contributed by atoms with E-state index in [1.807, 2.05) is 19.1 Å². The van der Waals surface area contributed by atoms with Crippen LogP contribution in [0.2, 0.25) is 0 Å². The summed E-state index contributed by atoms with van der Waals surface area (Å²) in [7, 11) is -0.484. The van der Waals surface area contributed by atoms with E-state index in [1.165, 1.54) is 4.31 Å². The fourth-order valence-electron chi connectivity index (χ4n) is 2.54. The van der Waals surface area contributed by atoms with E-state index in [4.69, 9.17) is 9.47 Å². The van der Waals surface area contributed by atoms with Crippen molar-refractivity contribution in [3.8, 4) is 11.5 Å². The minimum Gasteiger partial charge on any atom is -0.493 e. The molecule has 136 valence electrons. The first-order valence-corrected chi connectivity index (χ1v) is 10.0. The number of nitrogens with zero attached hydrogens (tertiary/aromatic N) is 1. The van der Waals surface area contributed by atoms with Gasteiger partial charge in [0.25, 0.3) is 0 Å². The fourth-order valence-corrected chi connectivity index (χ4v) is 4.74. The van der Waals surface area contributed by atoms with Gasteiger partial charge in [-0.2, -0.15) is 4.31 Å². The second-order valence-corrected chi connectivity index (χ2v) is 8.35. The Labute approximate surface area is 157 Å². The highest BCUT2D eigenvalue weighted by atomic mass is 79.9. The van der Waals surface area contributed by atoms with Crippen LogP contribution in [0.25, 0.3) is 0 Å². The molecule has 2 aromatic carbocycles. The number of methoxy groups -OCH3 is 2. The summed E-state index contributed by atoms with van der Waals surface area (Å²) in [5.74, 6) is 1.19. The topological polar surface area (TPSA) is 55.8 Å². The Hall–Kier alpha value is -1.57. The summed E-state index contributed by atoms with van der Waals surface area (Å²) >= 11 is 3.35. The Kier molecular flexibility index (Phi) is 6.48. The van der Waals surface area contributed by atoms with Crippen LogP contribution in [0.3, 0.4) is 0 Å². The second-order valence-electron chi connectivity index (χ2n) is 5.53. The molecule has 2 aromatic rings. The van der Waals surface area contributed by atoms with Crippen LogP contribution < -0.4 is 9.47 Å². The minimum absolute atomic E-state index is 0.255. The molecule has 0 fully saturated rings. The molecule has 0 heterocycles. The maximum atomic E-state index is 13.1. The Morgan fingerprint density at radius 3 is 2.32 bits per heavy atom. The number of sulfonamides is 1. The van der Waals surface area contributed by atoms with Gasteiger partial charge in [-0.05, 0) is 42.3 Å². The number of aryl methyl sites for hydroxylation is 1. The van der Waals surface area contributed by atoms with Gasteiger partial charge in [0.2, 0.25) is 10.0 Å². The summed E-state index contributed by atoms with van der Waals surface area (Å²) in [6.45, 7) is 4.24. The zero-order valence-electron chi connectivity index (χ0n) is 14.7. The third kappa shape index (κ3) is 4.34. The number of hydrogen-bond donors (Lipinski definition) is 0. The van der Waals surface area contributed by atoms with Gasteiger partial charge in [0.15, 0.2) is 11.5 Å². The Bertz CT molecular complexity index is 852. The molecule has 5 nitrogen and oxygen atoms in total. The second kappa shape index (κ2) is 8.21. The van der Waals surface area contributed by atoms with Crippen LogP contribution in [0.15, 0.2) is 45.8 Å². The SMILES string of the molecule is CCN(Cc1ccc(OC)c(OC)c1)S(=O)(=O)c1cc(Br)ccc1C. The van der Waals surface area contributed by atoms with Crippen molar-refractivity contribution in [2.75, 3.05) is 20.8 Å². The van der Waals surface area contributed by atoms with Crippen LogP contribution >= 0.6 is 15.9 Å². The fraction of sp³-hybridized carbons (Fsp3) is 0.333. The van der Waals surface area contributed by atoms with E-state index in [2.05, 4.69) is 15.9 Å². The summed E-state index contributed by atoms with van der Waals surface area (Å²) in [6, 6.07) is 10.7. The number of ether oxygens (including phenoxy) is 2. The van der Waals surface area contributed by atoms with Crippen LogP contribution in [-0.2, 0) is 16.6 Å². The van der Waals surface area contributed by atoms with Crippen LogP contribution in [0.5, 0.6) is 11.5 Å². The zero-order chi connectivity index (χ0) is 18.6. The number of hydrogen-bond acceptors (Lipinski definition) is 4. The summed E-state index contributed by atoms with van der Waals surface area (Å²) in [5, 5.41) is 0. The lowest BCUT2D eigenvalue weighted by Crippen LogP contribution is -2.31. The van der Waals surface area contributed by atoms with Crippen LogP contribution in [-0.4, -0.2) is 33.5 Å². The van der Waals surface area contributed by atoms with E-state index >= 15 is 0 Å². The number of benzene rings is 2. The molecular weight excluding hydrogens is 406 g/mol. The van der Waals surface area contributed by atoms with E-state index in [0.717, 1.165) is 10.0 Å². The molecule has 0 saturated heterocycles. The average molecular weight is 428 g/mol. The molecule has 25 heavy (non-hydrogen) atoms. The molecule has 0 bridgehead atoms. The van der Waals surface area contributed by atoms with Crippen molar-refractivity contribution >= 4 is 26.0 Å². The molecule has 2 rings (SSSR count).